The predicted molar refractivity (Wildman–Crippen MR) is 109 cm³/mol. The molecule has 1 heterocycles. The molecule has 0 aliphatic rings. The second-order valence-corrected chi connectivity index (χ2v) is 7.31. The number of rotatable bonds is 6. The highest BCUT2D eigenvalue weighted by atomic mass is 35.5. The molecule has 1 aromatic heterocycles. The molecule has 2 aromatic carbocycles. The number of nitrogens with zero attached hydrogens (tertiary/aromatic N) is 3. The molecule has 0 aliphatic heterocycles. The highest BCUT2D eigenvalue weighted by Crippen LogP contribution is 2.30. The number of aromatic nitrogens is 3. The third-order valence-corrected chi connectivity index (χ3v) is 5.24. The molecule has 0 bridgehead atoms. The van der Waals surface area contributed by atoms with E-state index < -0.39 is 0 Å². The maximum atomic E-state index is 12.2. The van der Waals surface area contributed by atoms with Crippen molar-refractivity contribution in [1.29, 1.82) is 0 Å². The molecule has 140 valence electrons. The summed E-state index contributed by atoms with van der Waals surface area (Å²) in [7, 11) is 0. The van der Waals surface area contributed by atoms with Crippen LogP contribution in [0.3, 0.4) is 0 Å². The number of amides is 1. The van der Waals surface area contributed by atoms with Gasteiger partial charge in [-0.05, 0) is 37.3 Å². The highest BCUT2D eigenvalue weighted by Gasteiger charge is 2.17. The molecule has 2 N–H and O–H groups in total. The molecule has 9 heteroatoms. The van der Waals surface area contributed by atoms with Crippen molar-refractivity contribution in [3.8, 4) is 17.1 Å². The Morgan fingerprint density at radius 1 is 1.22 bits per heavy atom. The Hall–Kier alpha value is -2.22. The van der Waals surface area contributed by atoms with E-state index >= 15 is 0 Å². The van der Waals surface area contributed by atoms with Gasteiger partial charge in [-0.25, -0.2) is 0 Å². The topological polar surface area (TPSA) is 80.0 Å². The second-order valence-electron chi connectivity index (χ2n) is 5.53. The van der Waals surface area contributed by atoms with Crippen LogP contribution < -0.4 is 5.32 Å². The van der Waals surface area contributed by atoms with Gasteiger partial charge in [-0.3, -0.25) is 4.79 Å². The maximum Gasteiger partial charge on any atom is 0.234 e. The zero-order valence-corrected chi connectivity index (χ0v) is 16.6. The van der Waals surface area contributed by atoms with Crippen molar-refractivity contribution in [1.82, 2.24) is 14.8 Å². The molecule has 27 heavy (non-hydrogen) atoms. The van der Waals surface area contributed by atoms with Gasteiger partial charge in [-0.2, -0.15) is 0 Å². The van der Waals surface area contributed by atoms with Crippen LogP contribution in [0.5, 0.6) is 5.75 Å². The molecule has 0 fully saturated rings. The van der Waals surface area contributed by atoms with Gasteiger partial charge < -0.3 is 15.0 Å². The molecule has 0 saturated carbocycles. The summed E-state index contributed by atoms with van der Waals surface area (Å²) in [6, 6.07) is 11.8. The molecule has 0 saturated heterocycles. The first kappa shape index (κ1) is 19.5. The van der Waals surface area contributed by atoms with Crippen molar-refractivity contribution >= 4 is 46.6 Å². The number of benzene rings is 2. The van der Waals surface area contributed by atoms with Crippen LogP contribution in [0.1, 0.15) is 6.92 Å². The first-order valence-corrected chi connectivity index (χ1v) is 9.83. The number of thioether (sulfide) groups is 1. The number of para-hydroxylation sites is 1. The van der Waals surface area contributed by atoms with Crippen LogP contribution in [-0.2, 0) is 11.3 Å². The summed E-state index contributed by atoms with van der Waals surface area (Å²) in [6.45, 7) is 2.55. The summed E-state index contributed by atoms with van der Waals surface area (Å²) in [5.74, 6) is 0.571. The van der Waals surface area contributed by atoms with Gasteiger partial charge >= 0.3 is 0 Å². The number of aromatic hydroxyl groups is 1. The third-order valence-electron chi connectivity index (χ3n) is 3.71. The summed E-state index contributed by atoms with van der Waals surface area (Å²) in [5.41, 5.74) is 1.05. The monoisotopic (exact) mass is 422 g/mol. The predicted octanol–water partition coefficient (Wildman–Crippen LogP) is 4.71. The Kier molecular flexibility index (Phi) is 6.26. The van der Waals surface area contributed by atoms with E-state index in [1.165, 1.54) is 11.8 Å². The van der Waals surface area contributed by atoms with Crippen molar-refractivity contribution in [2.24, 2.45) is 0 Å². The molecule has 0 unspecified atom stereocenters. The third kappa shape index (κ3) is 4.55. The SMILES string of the molecule is CCn1c(SCC(=O)Nc2cc(Cl)ccc2Cl)nnc1-c1ccccc1O. The fourth-order valence-electron chi connectivity index (χ4n) is 2.45. The number of halogens is 2. The first-order chi connectivity index (χ1) is 13.0. The molecule has 0 aliphatic carbocycles. The Balaban J connectivity index is 1.72. The van der Waals surface area contributed by atoms with Crippen molar-refractivity contribution in [2.45, 2.75) is 18.6 Å². The average Bonchev–Trinajstić information content (AvgIpc) is 3.06. The lowest BCUT2D eigenvalue weighted by Gasteiger charge is -2.09. The van der Waals surface area contributed by atoms with Crippen molar-refractivity contribution in [2.75, 3.05) is 11.1 Å². The number of carbonyl (C=O) groups is 1. The summed E-state index contributed by atoms with van der Waals surface area (Å²) in [5, 5.41) is 22.6. The number of phenolic OH excluding ortho intramolecular Hbond substituents is 1. The number of phenols is 1. The lowest BCUT2D eigenvalue weighted by Crippen LogP contribution is -2.15. The molecule has 3 rings (SSSR count). The molecular weight excluding hydrogens is 407 g/mol. The van der Waals surface area contributed by atoms with E-state index in [1.807, 2.05) is 17.6 Å². The van der Waals surface area contributed by atoms with Gasteiger partial charge in [0.2, 0.25) is 5.91 Å². The lowest BCUT2D eigenvalue weighted by molar-refractivity contribution is -0.113. The van der Waals surface area contributed by atoms with Crippen molar-refractivity contribution in [3.63, 3.8) is 0 Å². The molecule has 3 aromatic rings. The smallest absolute Gasteiger partial charge is 0.234 e. The standard InChI is InChI=1S/C18H16Cl2N4O2S/c1-2-24-17(12-5-3-4-6-15(12)25)22-23-18(24)27-10-16(26)21-14-9-11(19)7-8-13(14)20/h3-9,25H,2,10H2,1H3,(H,21,26). The summed E-state index contributed by atoms with van der Waals surface area (Å²) in [4.78, 5) is 12.2. The van der Waals surface area contributed by atoms with E-state index in [0.29, 0.717) is 38.8 Å². The molecule has 0 atom stereocenters. The Morgan fingerprint density at radius 3 is 2.74 bits per heavy atom. The number of hydrogen-bond donors (Lipinski definition) is 2. The second kappa shape index (κ2) is 8.65. The van der Waals surface area contributed by atoms with E-state index in [1.54, 1.807) is 36.4 Å². The van der Waals surface area contributed by atoms with Crippen LogP contribution in [-0.4, -0.2) is 31.5 Å². The summed E-state index contributed by atoms with van der Waals surface area (Å²) in [6.07, 6.45) is 0. The van der Waals surface area contributed by atoms with E-state index in [4.69, 9.17) is 23.2 Å². The van der Waals surface area contributed by atoms with Crippen molar-refractivity contribution < 1.29 is 9.90 Å². The van der Waals surface area contributed by atoms with Gasteiger partial charge in [0, 0.05) is 11.6 Å². The largest absolute Gasteiger partial charge is 0.507 e. The Bertz CT molecular complexity index is 978. The van der Waals surface area contributed by atoms with Gasteiger partial charge in [0.05, 0.1) is 22.0 Å². The molecule has 6 nitrogen and oxygen atoms in total. The van der Waals surface area contributed by atoms with Gasteiger partial charge in [0.1, 0.15) is 5.75 Å². The average molecular weight is 423 g/mol. The highest BCUT2D eigenvalue weighted by molar-refractivity contribution is 7.99. The van der Waals surface area contributed by atoms with E-state index in [9.17, 15) is 9.90 Å². The van der Waals surface area contributed by atoms with Crippen molar-refractivity contribution in [3.05, 3.63) is 52.5 Å². The lowest BCUT2D eigenvalue weighted by atomic mass is 10.2. The quantitative estimate of drug-likeness (QED) is 0.562. The van der Waals surface area contributed by atoms with E-state index in [-0.39, 0.29) is 17.4 Å². The fraction of sp³-hybridized carbons (Fsp3) is 0.167. The van der Waals surface area contributed by atoms with Crippen LogP contribution in [0.2, 0.25) is 10.0 Å². The zero-order valence-electron chi connectivity index (χ0n) is 14.3. The van der Waals surface area contributed by atoms with Crippen LogP contribution in [0.4, 0.5) is 5.69 Å². The van der Waals surface area contributed by atoms with Gasteiger partial charge in [0.25, 0.3) is 0 Å². The zero-order chi connectivity index (χ0) is 19.4. The van der Waals surface area contributed by atoms with Gasteiger partial charge in [0.15, 0.2) is 11.0 Å². The van der Waals surface area contributed by atoms with E-state index in [0.717, 1.165) is 0 Å². The van der Waals surface area contributed by atoms with Crippen LogP contribution >= 0.6 is 35.0 Å². The maximum absolute atomic E-state index is 12.2. The van der Waals surface area contributed by atoms with Crippen LogP contribution in [0.25, 0.3) is 11.4 Å². The number of hydrogen-bond acceptors (Lipinski definition) is 5. The Morgan fingerprint density at radius 2 is 2.00 bits per heavy atom. The van der Waals surface area contributed by atoms with Gasteiger partial charge in [-0.1, -0.05) is 47.1 Å². The molecule has 0 spiro atoms. The summed E-state index contributed by atoms with van der Waals surface area (Å²) >= 11 is 13.2. The molecular formula is C18H16Cl2N4O2S. The number of anilines is 1. The number of carbonyl (C=O) groups excluding carboxylic acids is 1. The fourth-order valence-corrected chi connectivity index (χ4v) is 3.59. The molecule has 1 amide bonds. The summed E-state index contributed by atoms with van der Waals surface area (Å²) < 4.78 is 1.85. The molecule has 0 radical (unpaired) electrons. The minimum absolute atomic E-state index is 0.127. The minimum atomic E-state index is -0.237. The van der Waals surface area contributed by atoms with Gasteiger partial charge in [-0.15, -0.1) is 10.2 Å². The van der Waals surface area contributed by atoms with Crippen LogP contribution in [0.15, 0.2) is 47.6 Å². The van der Waals surface area contributed by atoms with Crippen LogP contribution in [0, 0.1) is 0 Å². The number of nitrogens with one attached hydrogen (secondary N) is 1. The Labute approximate surface area is 170 Å². The normalized spacial score (nSPS) is 10.8. The van der Waals surface area contributed by atoms with E-state index in [2.05, 4.69) is 15.5 Å². The first-order valence-electron chi connectivity index (χ1n) is 8.09. The minimum Gasteiger partial charge on any atom is -0.507 e.